The van der Waals surface area contributed by atoms with E-state index in [-0.39, 0.29) is 6.10 Å². The van der Waals surface area contributed by atoms with Crippen LogP contribution in [0.3, 0.4) is 0 Å². The second-order valence-electron chi connectivity index (χ2n) is 11.8. The van der Waals surface area contributed by atoms with Crippen molar-refractivity contribution in [3.63, 3.8) is 0 Å². The zero-order valence-electron chi connectivity index (χ0n) is 19.3. The van der Waals surface area contributed by atoms with Gasteiger partial charge in [-0.25, -0.2) is 0 Å². The van der Waals surface area contributed by atoms with Gasteiger partial charge in [0.15, 0.2) is 0 Å². The highest BCUT2D eigenvalue weighted by Gasteiger charge is 2.59. The average Bonchev–Trinajstić information content (AvgIpc) is 3.10. The third-order valence-electron chi connectivity index (χ3n) is 10.5. The Kier molecular flexibility index (Phi) is 5.37. The van der Waals surface area contributed by atoms with Crippen LogP contribution in [0.4, 0.5) is 0 Å². The third kappa shape index (κ3) is 3.29. The molecular formula is C28H41NO. The van der Waals surface area contributed by atoms with Crippen molar-refractivity contribution in [3.8, 4) is 0 Å². The lowest BCUT2D eigenvalue weighted by Crippen LogP contribution is -2.50. The number of hydrogen-bond donors (Lipinski definition) is 1. The third-order valence-corrected chi connectivity index (χ3v) is 10.5. The highest BCUT2D eigenvalue weighted by Crippen LogP contribution is 2.67. The Hall–Kier alpha value is -1.15. The highest BCUT2D eigenvalue weighted by molar-refractivity contribution is 5.25. The van der Waals surface area contributed by atoms with Crippen LogP contribution in [-0.4, -0.2) is 16.2 Å². The molecule has 0 aromatic carbocycles. The summed E-state index contributed by atoms with van der Waals surface area (Å²) in [7, 11) is 0. The Bertz CT molecular complexity index is 787. The SMILES string of the molecule is C[C@H](CCc1ccncc1)[C@H]1CC[C@H]2[C@@H]3CC=C4C[C@@H](O)CC[C@]4(C)[C@H]3CC[C@]12C. The first kappa shape index (κ1) is 20.7. The summed E-state index contributed by atoms with van der Waals surface area (Å²) in [6, 6.07) is 4.37. The summed E-state index contributed by atoms with van der Waals surface area (Å²) in [6.07, 6.45) is 19.0. The maximum Gasteiger partial charge on any atom is 0.0577 e. The summed E-state index contributed by atoms with van der Waals surface area (Å²) in [5.41, 5.74) is 3.95. The zero-order valence-corrected chi connectivity index (χ0v) is 19.3. The number of aliphatic hydroxyl groups excluding tert-OH is 1. The van der Waals surface area contributed by atoms with E-state index in [1.807, 2.05) is 12.4 Å². The summed E-state index contributed by atoms with van der Waals surface area (Å²) in [4.78, 5) is 4.17. The van der Waals surface area contributed by atoms with Crippen LogP contribution in [0.25, 0.3) is 0 Å². The molecule has 0 aliphatic heterocycles. The number of fused-ring (bicyclic) bond motifs is 5. The normalized spacial score (nSPS) is 43.9. The van der Waals surface area contributed by atoms with Gasteiger partial charge in [0.1, 0.15) is 0 Å². The fraction of sp³-hybridized carbons (Fsp3) is 0.750. The molecule has 164 valence electrons. The molecule has 0 bridgehead atoms. The van der Waals surface area contributed by atoms with Crippen LogP contribution in [-0.2, 0) is 6.42 Å². The lowest BCUT2D eigenvalue weighted by atomic mass is 9.47. The molecule has 0 amide bonds. The van der Waals surface area contributed by atoms with Gasteiger partial charge in [-0.3, -0.25) is 4.98 Å². The van der Waals surface area contributed by atoms with Crippen LogP contribution in [0, 0.1) is 40.4 Å². The molecule has 4 aliphatic rings. The van der Waals surface area contributed by atoms with Gasteiger partial charge in [-0.2, -0.15) is 0 Å². The molecule has 1 heterocycles. The molecule has 1 N–H and O–H groups in total. The summed E-state index contributed by atoms with van der Waals surface area (Å²) >= 11 is 0. The molecule has 0 spiro atoms. The first-order chi connectivity index (χ1) is 14.4. The van der Waals surface area contributed by atoms with Crippen molar-refractivity contribution in [3.05, 3.63) is 41.7 Å². The number of rotatable bonds is 4. The molecule has 0 saturated heterocycles. The van der Waals surface area contributed by atoms with Gasteiger partial charge in [-0.05, 0) is 122 Å². The lowest BCUT2D eigenvalue weighted by Gasteiger charge is -2.58. The Morgan fingerprint density at radius 1 is 1.07 bits per heavy atom. The highest BCUT2D eigenvalue weighted by atomic mass is 16.3. The summed E-state index contributed by atoms with van der Waals surface area (Å²) in [5.74, 6) is 4.33. The van der Waals surface area contributed by atoms with Crippen LogP contribution < -0.4 is 0 Å². The van der Waals surface area contributed by atoms with Gasteiger partial charge in [0.05, 0.1) is 6.10 Å². The maximum absolute atomic E-state index is 10.2. The molecule has 30 heavy (non-hydrogen) atoms. The Morgan fingerprint density at radius 3 is 2.67 bits per heavy atom. The minimum atomic E-state index is -0.0909. The minimum absolute atomic E-state index is 0.0909. The van der Waals surface area contributed by atoms with Gasteiger partial charge >= 0.3 is 0 Å². The number of hydrogen-bond acceptors (Lipinski definition) is 2. The molecule has 0 radical (unpaired) electrons. The molecule has 3 fully saturated rings. The van der Waals surface area contributed by atoms with E-state index in [2.05, 4.69) is 44.0 Å². The van der Waals surface area contributed by atoms with Crippen LogP contribution in [0.15, 0.2) is 36.2 Å². The number of aromatic nitrogens is 1. The number of aliphatic hydroxyl groups is 1. The second-order valence-corrected chi connectivity index (χ2v) is 11.8. The Balaban J connectivity index is 1.31. The van der Waals surface area contributed by atoms with Crippen molar-refractivity contribution < 1.29 is 5.11 Å². The molecule has 0 unspecified atom stereocenters. The van der Waals surface area contributed by atoms with Gasteiger partial charge in [0.2, 0.25) is 0 Å². The first-order valence-electron chi connectivity index (χ1n) is 12.7. The van der Waals surface area contributed by atoms with E-state index in [0.717, 1.165) is 42.4 Å². The standard InChI is InChI=1S/C28H41NO/c1-19(4-5-20-12-16-29-17-13-20)24-8-9-25-23-7-6-21-18-22(30)10-14-27(21,2)26(23)11-15-28(24,25)3/h6,12-13,16-17,19,22-26,30H,4-5,7-11,14-15,18H2,1-3H3/t19-,22+,23+,24-,25+,26+,27+,28-/m1/s1. The van der Waals surface area contributed by atoms with Crippen molar-refractivity contribution >= 4 is 0 Å². The molecule has 8 atom stereocenters. The molecule has 5 rings (SSSR count). The maximum atomic E-state index is 10.2. The van der Waals surface area contributed by atoms with Crippen molar-refractivity contribution in [1.29, 1.82) is 0 Å². The molecule has 4 aliphatic carbocycles. The molecule has 1 aromatic heterocycles. The number of aryl methyl sites for hydroxylation is 1. The van der Waals surface area contributed by atoms with E-state index < -0.39 is 0 Å². The molecular weight excluding hydrogens is 366 g/mol. The summed E-state index contributed by atoms with van der Waals surface area (Å²) in [5, 5.41) is 10.2. The van der Waals surface area contributed by atoms with Gasteiger partial charge in [0.25, 0.3) is 0 Å². The van der Waals surface area contributed by atoms with Gasteiger partial charge in [-0.1, -0.05) is 32.4 Å². The van der Waals surface area contributed by atoms with E-state index in [4.69, 9.17) is 0 Å². The number of pyridine rings is 1. The minimum Gasteiger partial charge on any atom is -0.393 e. The van der Waals surface area contributed by atoms with Crippen molar-refractivity contribution in [2.45, 2.75) is 91.1 Å². The van der Waals surface area contributed by atoms with Crippen molar-refractivity contribution in [1.82, 2.24) is 4.98 Å². The molecule has 2 nitrogen and oxygen atoms in total. The smallest absolute Gasteiger partial charge is 0.0577 e. The zero-order chi connectivity index (χ0) is 20.9. The van der Waals surface area contributed by atoms with Gasteiger partial charge < -0.3 is 5.11 Å². The predicted octanol–water partition coefficient (Wildman–Crippen LogP) is 6.59. The van der Waals surface area contributed by atoms with E-state index in [1.54, 1.807) is 5.57 Å². The molecule has 3 saturated carbocycles. The Labute approximate surface area is 183 Å². The van der Waals surface area contributed by atoms with E-state index in [9.17, 15) is 5.11 Å². The predicted molar refractivity (Wildman–Crippen MR) is 123 cm³/mol. The quantitative estimate of drug-likeness (QED) is 0.571. The fourth-order valence-electron chi connectivity index (χ4n) is 8.76. The van der Waals surface area contributed by atoms with E-state index >= 15 is 0 Å². The largest absolute Gasteiger partial charge is 0.393 e. The van der Waals surface area contributed by atoms with Gasteiger partial charge in [-0.15, -0.1) is 0 Å². The number of nitrogens with zero attached hydrogens (tertiary/aromatic N) is 1. The topological polar surface area (TPSA) is 33.1 Å². The lowest BCUT2D eigenvalue weighted by molar-refractivity contribution is -0.0571. The monoisotopic (exact) mass is 407 g/mol. The van der Waals surface area contributed by atoms with Crippen molar-refractivity contribution in [2.24, 2.45) is 40.4 Å². The summed E-state index contributed by atoms with van der Waals surface area (Å²) in [6.45, 7) is 7.75. The average molecular weight is 408 g/mol. The molecule has 2 heteroatoms. The fourth-order valence-corrected chi connectivity index (χ4v) is 8.76. The van der Waals surface area contributed by atoms with E-state index in [0.29, 0.717) is 10.8 Å². The van der Waals surface area contributed by atoms with Crippen molar-refractivity contribution in [2.75, 3.05) is 0 Å². The molecule has 1 aromatic rings. The van der Waals surface area contributed by atoms with Crippen LogP contribution >= 0.6 is 0 Å². The first-order valence-corrected chi connectivity index (χ1v) is 12.7. The van der Waals surface area contributed by atoms with Gasteiger partial charge in [0, 0.05) is 12.4 Å². The second kappa shape index (κ2) is 7.76. The Morgan fingerprint density at radius 2 is 1.87 bits per heavy atom. The van der Waals surface area contributed by atoms with Crippen LogP contribution in [0.5, 0.6) is 0 Å². The summed E-state index contributed by atoms with van der Waals surface area (Å²) < 4.78 is 0. The van der Waals surface area contributed by atoms with Crippen LogP contribution in [0.1, 0.15) is 84.1 Å². The number of allylic oxidation sites excluding steroid dienone is 1. The van der Waals surface area contributed by atoms with E-state index in [1.165, 1.54) is 56.9 Å². The van der Waals surface area contributed by atoms with Crippen LogP contribution in [0.2, 0.25) is 0 Å².